The molecule has 0 amide bonds. The Balaban J connectivity index is 2.41. The minimum Gasteiger partial charge on any atom is -0.476 e. The van der Waals surface area contributed by atoms with Crippen molar-refractivity contribution in [3.8, 4) is 0 Å². The number of sulfonamides is 1. The summed E-state index contributed by atoms with van der Waals surface area (Å²) in [4.78, 5) is 14.5. The molecule has 100 valence electrons. The van der Waals surface area contributed by atoms with Crippen LogP contribution in [-0.2, 0) is 14.8 Å². The molecule has 1 aromatic heterocycles. The van der Waals surface area contributed by atoms with Gasteiger partial charge in [0.25, 0.3) is 10.0 Å². The van der Waals surface area contributed by atoms with Gasteiger partial charge in [-0.05, 0) is 6.92 Å². The van der Waals surface area contributed by atoms with Gasteiger partial charge < -0.3 is 9.84 Å². The van der Waals surface area contributed by atoms with Crippen molar-refractivity contribution in [3.63, 3.8) is 0 Å². The van der Waals surface area contributed by atoms with E-state index in [0.717, 1.165) is 11.3 Å². The summed E-state index contributed by atoms with van der Waals surface area (Å²) in [5.74, 6) is -1.34. The topological polar surface area (TPSA) is 96.8 Å². The third kappa shape index (κ3) is 2.26. The van der Waals surface area contributed by atoms with Gasteiger partial charge in [-0.3, -0.25) is 0 Å². The molecule has 9 heteroatoms. The molecule has 2 rings (SSSR count). The summed E-state index contributed by atoms with van der Waals surface area (Å²) < 4.78 is 30.9. The van der Waals surface area contributed by atoms with E-state index in [0.29, 0.717) is 13.2 Å². The molecule has 0 bridgehead atoms. The van der Waals surface area contributed by atoms with E-state index in [1.54, 1.807) is 6.92 Å². The van der Waals surface area contributed by atoms with Gasteiger partial charge in [0.2, 0.25) is 0 Å². The zero-order chi connectivity index (χ0) is 13.3. The maximum atomic E-state index is 12.4. The summed E-state index contributed by atoms with van der Waals surface area (Å²) in [7, 11) is -3.82. The highest BCUT2D eigenvalue weighted by Gasteiger charge is 2.35. The van der Waals surface area contributed by atoms with Gasteiger partial charge in [-0.1, -0.05) is 0 Å². The predicted octanol–water partition coefficient (Wildman–Crippen LogP) is 0.251. The molecule has 1 saturated heterocycles. The third-order valence-corrected chi connectivity index (χ3v) is 5.95. The van der Waals surface area contributed by atoms with Crippen molar-refractivity contribution in [1.29, 1.82) is 0 Å². The maximum Gasteiger partial charge on any atom is 0.356 e. The first kappa shape index (κ1) is 13.4. The van der Waals surface area contributed by atoms with Gasteiger partial charge in [0.15, 0.2) is 9.90 Å². The maximum absolute atomic E-state index is 12.4. The average molecular weight is 292 g/mol. The zero-order valence-corrected chi connectivity index (χ0v) is 11.2. The van der Waals surface area contributed by atoms with Crippen LogP contribution in [0.15, 0.2) is 9.72 Å². The standard InChI is InChI=1S/C9H12N2O5S2/c1-6-4-16-3-2-11(6)18(14,15)9-7(8(12)13)10-5-17-9/h5-6H,2-4H2,1H3,(H,12,13). The zero-order valence-electron chi connectivity index (χ0n) is 9.57. The molecular weight excluding hydrogens is 280 g/mol. The van der Waals surface area contributed by atoms with E-state index in [2.05, 4.69) is 4.98 Å². The molecule has 18 heavy (non-hydrogen) atoms. The van der Waals surface area contributed by atoms with Gasteiger partial charge in [-0.25, -0.2) is 18.2 Å². The SMILES string of the molecule is CC1COCCN1S(=O)(=O)c1scnc1C(=O)O. The third-order valence-electron chi connectivity index (χ3n) is 2.59. The Kier molecular flexibility index (Phi) is 3.66. The minimum absolute atomic E-state index is 0.219. The molecule has 1 aliphatic heterocycles. The minimum atomic E-state index is -3.82. The van der Waals surface area contributed by atoms with Gasteiger partial charge in [0.05, 0.1) is 18.7 Å². The van der Waals surface area contributed by atoms with Crippen LogP contribution in [0.3, 0.4) is 0 Å². The lowest BCUT2D eigenvalue weighted by Gasteiger charge is -2.31. The lowest BCUT2D eigenvalue weighted by Crippen LogP contribution is -2.47. The van der Waals surface area contributed by atoms with E-state index < -0.39 is 21.7 Å². The number of aromatic carboxylic acids is 1. The summed E-state index contributed by atoms with van der Waals surface area (Å²) in [6.45, 7) is 2.56. The summed E-state index contributed by atoms with van der Waals surface area (Å²) in [6, 6.07) is -0.313. The molecule has 7 nitrogen and oxygen atoms in total. The summed E-state index contributed by atoms with van der Waals surface area (Å²) >= 11 is 0.818. The van der Waals surface area contributed by atoms with Crippen LogP contribution in [0.25, 0.3) is 0 Å². The molecule has 1 atom stereocenters. The van der Waals surface area contributed by atoms with Crippen LogP contribution in [0.5, 0.6) is 0 Å². The molecule has 1 N–H and O–H groups in total. The molecule has 0 saturated carbocycles. The van der Waals surface area contributed by atoms with Crippen molar-refractivity contribution in [2.24, 2.45) is 0 Å². The van der Waals surface area contributed by atoms with Crippen LogP contribution in [0.2, 0.25) is 0 Å². The first-order valence-electron chi connectivity index (χ1n) is 5.21. The normalized spacial score (nSPS) is 21.9. The number of hydrogen-bond donors (Lipinski definition) is 1. The lowest BCUT2D eigenvalue weighted by atomic mass is 10.3. The van der Waals surface area contributed by atoms with E-state index in [1.807, 2.05) is 0 Å². The first-order chi connectivity index (χ1) is 8.44. The molecule has 1 unspecified atom stereocenters. The monoisotopic (exact) mass is 292 g/mol. The van der Waals surface area contributed by atoms with E-state index >= 15 is 0 Å². The smallest absolute Gasteiger partial charge is 0.356 e. The Morgan fingerprint density at radius 2 is 2.39 bits per heavy atom. The Morgan fingerprint density at radius 3 is 3.00 bits per heavy atom. The second-order valence-electron chi connectivity index (χ2n) is 3.83. The van der Waals surface area contributed by atoms with Crippen LogP contribution in [0.4, 0.5) is 0 Å². The number of thiazole rings is 1. The van der Waals surface area contributed by atoms with Gasteiger partial charge in [0.1, 0.15) is 0 Å². The molecule has 1 aromatic rings. The van der Waals surface area contributed by atoms with Crippen molar-refractivity contribution in [1.82, 2.24) is 9.29 Å². The average Bonchev–Trinajstić information content (AvgIpc) is 2.78. The number of nitrogens with zero attached hydrogens (tertiary/aromatic N) is 2. The fourth-order valence-electron chi connectivity index (χ4n) is 1.74. The lowest BCUT2D eigenvalue weighted by molar-refractivity contribution is 0.0393. The second kappa shape index (κ2) is 4.92. The van der Waals surface area contributed by atoms with E-state index in [4.69, 9.17) is 9.84 Å². The summed E-state index contributed by atoms with van der Waals surface area (Å²) in [6.07, 6.45) is 0. The number of morpholine rings is 1. The Hall–Kier alpha value is -1.03. The van der Waals surface area contributed by atoms with E-state index in [-0.39, 0.29) is 16.8 Å². The first-order valence-corrected chi connectivity index (χ1v) is 7.53. The van der Waals surface area contributed by atoms with E-state index in [9.17, 15) is 13.2 Å². The van der Waals surface area contributed by atoms with Crippen LogP contribution in [0, 0.1) is 0 Å². The van der Waals surface area contributed by atoms with Crippen molar-refractivity contribution in [3.05, 3.63) is 11.2 Å². The Morgan fingerprint density at radius 1 is 1.67 bits per heavy atom. The molecule has 0 radical (unpaired) electrons. The van der Waals surface area contributed by atoms with E-state index in [1.165, 1.54) is 9.82 Å². The summed E-state index contributed by atoms with van der Waals surface area (Å²) in [5, 5.41) is 8.92. The molecule has 1 aliphatic rings. The van der Waals surface area contributed by atoms with Crippen molar-refractivity contribution >= 4 is 27.3 Å². The highest BCUT2D eigenvalue weighted by Crippen LogP contribution is 2.26. The fraction of sp³-hybridized carbons (Fsp3) is 0.556. The largest absolute Gasteiger partial charge is 0.476 e. The van der Waals surface area contributed by atoms with Gasteiger partial charge in [0, 0.05) is 12.6 Å². The number of carboxylic acid groups (broad SMARTS) is 1. The molecule has 2 heterocycles. The van der Waals surface area contributed by atoms with Crippen LogP contribution in [-0.4, -0.2) is 54.6 Å². The molecule has 1 fully saturated rings. The van der Waals surface area contributed by atoms with Crippen LogP contribution < -0.4 is 0 Å². The Labute approximate surface area is 108 Å². The predicted molar refractivity (Wildman–Crippen MR) is 63.2 cm³/mol. The second-order valence-corrected chi connectivity index (χ2v) is 6.77. The highest BCUT2D eigenvalue weighted by atomic mass is 32.2. The Bertz CT molecular complexity index is 553. The van der Waals surface area contributed by atoms with Crippen molar-refractivity contribution in [2.45, 2.75) is 17.2 Å². The number of ether oxygens (including phenoxy) is 1. The van der Waals surface area contributed by atoms with Gasteiger partial charge >= 0.3 is 5.97 Å². The number of hydrogen-bond acceptors (Lipinski definition) is 6. The van der Waals surface area contributed by atoms with Crippen molar-refractivity contribution < 1.29 is 23.1 Å². The number of carbonyl (C=O) groups is 1. The fourth-order valence-corrected chi connectivity index (χ4v) is 4.59. The van der Waals surface area contributed by atoms with Crippen LogP contribution >= 0.6 is 11.3 Å². The number of carboxylic acids is 1. The van der Waals surface area contributed by atoms with Crippen molar-refractivity contribution in [2.75, 3.05) is 19.8 Å². The molecular formula is C9H12N2O5S2. The molecule has 0 aromatic carbocycles. The number of rotatable bonds is 3. The van der Waals surface area contributed by atoms with Gasteiger partial charge in [-0.2, -0.15) is 4.31 Å². The number of aromatic nitrogens is 1. The highest BCUT2D eigenvalue weighted by molar-refractivity contribution is 7.91. The molecule has 0 spiro atoms. The van der Waals surface area contributed by atoms with Crippen LogP contribution in [0.1, 0.15) is 17.4 Å². The molecule has 0 aliphatic carbocycles. The summed E-state index contributed by atoms with van der Waals surface area (Å²) in [5.41, 5.74) is 0.806. The quantitative estimate of drug-likeness (QED) is 0.857. The van der Waals surface area contributed by atoms with Gasteiger partial charge in [-0.15, -0.1) is 11.3 Å².